The molecule has 1 aliphatic heterocycles. The van der Waals surface area contributed by atoms with Crippen molar-refractivity contribution in [3.63, 3.8) is 0 Å². The van der Waals surface area contributed by atoms with Crippen molar-refractivity contribution in [2.45, 2.75) is 18.2 Å². The van der Waals surface area contributed by atoms with Crippen LogP contribution >= 0.6 is 34.5 Å². The van der Waals surface area contributed by atoms with E-state index in [1.54, 1.807) is 6.07 Å². The van der Waals surface area contributed by atoms with Gasteiger partial charge in [-0.2, -0.15) is 0 Å². The van der Waals surface area contributed by atoms with Gasteiger partial charge in [-0.3, -0.25) is 0 Å². The smallest absolute Gasteiger partial charge is 0.317 e. The van der Waals surface area contributed by atoms with Gasteiger partial charge in [0.1, 0.15) is 0 Å². The van der Waals surface area contributed by atoms with Gasteiger partial charge in [0.25, 0.3) is 0 Å². The van der Waals surface area contributed by atoms with Crippen LogP contribution in [0.1, 0.15) is 12.0 Å². The first-order valence-electron chi connectivity index (χ1n) is 5.92. The van der Waals surface area contributed by atoms with Gasteiger partial charge in [-0.1, -0.05) is 23.2 Å². The Morgan fingerprint density at radius 3 is 2.75 bits per heavy atom. The normalized spacial score (nSPS) is 19.4. The monoisotopic (exact) mass is 356 g/mol. The van der Waals surface area contributed by atoms with E-state index in [-0.39, 0.29) is 19.1 Å². The Hall–Kier alpha value is -0.500. The molecule has 112 valence electrons. The molecule has 1 atom stereocenters. The predicted octanol–water partition coefficient (Wildman–Crippen LogP) is 2.38. The Labute approximate surface area is 131 Å². The van der Waals surface area contributed by atoms with Crippen molar-refractivity contribution in [3.8, 4) is 0 Å². The summed E-state index contributed by atoms with van der Waals surface area (Å²) in [4.78, 5) is 13.5. The number of halogens is 2. The Kier molecular flexibility index (Phi) is 4.84. The summed E-state index contributed by atoms with van der Waals surface area (Å²) in [5.74, 6) is 0. The van der Waals surface area contributed by atoms with Crippen LogP contribution in [0, 0.1) is 0 Å². The number of rotatable bonds is 3. The zero-order valence-corrected chi connectivity index (χ0v) is 13.9. The highest BCUT2D eigenvalue weighted by Crippen LogP contribution is 2.31. The molecule has 5 nitrogen and oxygen atoms in total. The number of nitrogens with zero attached hydrogens (tertiary/aromatic N) is 1. The van der Waals surface area contributed by atoms with Crippen LogP contribution in [0.4, 0.5) is 4.79 Å². The summed E-state index contributed by atoms with van der Waals surface area (Å²) in [5, 5.41) is 2.26. The Balaban J connectivity index is 1.89. The van der Waals surface area contributed by atoms with Crippen molar-refractivity contribution < 1.29 is 13.2 Å². The molecule has 1 N–H and O–H groups in total. The molecule has 0 radical (unpaired) electrons. The van der Waals surface area contributed by atoms with Crippen LogP contribution in [0.5, 0.6) is 0 Å². The minimum atomic E-state index is -3.10. The molecule has 9 heteroatoms. The molecular weight excluding hydrogens is 343 g/mol. The van der Waals surface area contributed by atoms with E-state index in [4.69, 9.17) is 23.2 Å². The lowest BCUT2D eigenvalue weighted by atomic mass is 10.3. The molecule has 1 fully saturated rings. The second-order valence-corrected chi connectivity index (χ2v) is 9.31. The number of urea groups is 1. The summed E-state index contributed by atoms with van der Waals surface area (Å²) in [5.41, 5.74) is 0.758. The summed E-state index contributed by atoms with van der Waals surface area (Å²) in [6.07, 6.45) is 1.68. The molecule has 20 heavy (non-hydrogen) atoms. The minimum absolute atomic E-state index is 0.239. The van der Waals surface area contributed by atoms with Gasteiger partial charge in [0.15, 0.2) is 9.84 Å². The minimum Gasteiger partial charge on any atom is -0.334 e. The number of thiophene rings is 1. The molecule has 1 aromatic rings. The molecular formula is C11H14Cl2N2O3S2. The van der Waals surface area contributed by atoms with Gasteiger partial charge in [-0.05, 0) is 12.5 Å². The first-order chi connectivity index (χ1) is 9.27. The van der Waals surface area contributed by atoms with Gasteiger partial charge in [0.05, 0.1) is 13.9 Å². The molecule has 2 rings (SSSR count). The number of amides is 2. The van der Waals surface area contributed by atoms with E-state index >= 15 is 0 Å². The summed E-state index contributed by atoms with van der Waals surface area (Å²) in [6, 6.07) is 1.42. The van der Waals surface area contributed by atoms with Gasteiger partial charge in [-0.15, -0.1) is 11.3 Å². The van der Waals surface area contributed by atoms with Gasteiger partial charge in [0, 0.05) is 31.5 Å². The van der Waals surface area contributed by atoms with E-state index < -0.39 is 15.1 Å². The summed E-state index contributed by atoms with van der Waals surface area (Å²) in [6.45, 7) is 0.964. The lowest BCUT2D eigenvalue weighted by Crippen LogP contribution is -2.39. The lowest BCUT2D eigenvalue weighted by molar-refractivity contribution is 0.208. The van der Waals surface area contributed by atoms with Gasteiger partial charge in [0.2, 0.25) is 0 Å². The predicted molar refractivity (Wildman–Crippen MR) is 81.4 cm³/mol. The molecule has 1 aliphatic rings. The molecule has 0 bridgehead atoms. The number of nitrogens with one attached hydrogen (secondary N) is 1. The first kappa shape index (κ1) is 15.9. The van der Waals surface area contributed by atoms with Crippen LogP contribution in [0.15, 0.2) is 6.07 Å². The molecule has 0 aromatic carbocycles. The van der Waals surface area contributed by atoms with Crippen molar-refractivity contribution in [2.24, 2.45) is 0 Å². The highest BCUT2D eigenvalue weighted by molar-refractivity contribution is 7.91. The molecule has 2 amide bonds. The number of hydrogen-bond donors (Lipinski definition) is 1. The molecule has 2 heterocycles. The number of hydrogen-bond acceptors (Lipinski definition) is 4. The maximum Gasteiger partial charge on any atom is 0.317 e. The molecule has 0 spiro atoms. The molecule has 0 saturated carbocycles. The first-order valence-corrected chi connectivity index (χ1v) is 9.45. The summed E-state index contributed by atoms with van der Waals surface area (Å²) < 4.78 is 24.0. The molecule has 1 unspecified atom stereocenters. The fourth-order valence-electron chi connectivity index (χ4n) is 2.04. The Morgan fingerprint density at radius 1 is 1.55 bits per heavy atom. The number of carbonyl (C=O) groups excluding carboxylic acids is 1. The second-order valence-electron chi connectivity index (χ2n) is 4.69. The Morgan fingerprint density at radius 2 is 2.25 bits per heavy atom. The van der Waals surface area contributed by atoms with Gasteiger partial charge < -0.3 is 10.2 Å². The van der Waals surface area contributed by atoms with Crippen LogP contribution in [0.2, 0.25) is 8.67 Å². The van der Waals surface area contributed by atoms with Crippen molar-refractivity contribution in [1.29, 1.82) is 0 Å². The van der Waals surface area contributed by atoms with E-state index in [1.165, 1.54) is 22.5 Å². The van der Waals surface area contributed by atoms with E-state index in [1.807, 2.05) is 0 Å². The third-order valence-corrected chi connectivity index (χ3v) is 6.36. The van der Waals surface area contributed by atoms with Crippen LogP contribution in [-0.2, 0) is 16.4 Å². The average molecular weight is 357 g/mol. The standard InChI is InChI=1S/C11H14Cl2N2O3S2/c1-20(17,18)8-2-3-15(6-8)11(16)14-5-7-4-9(12)19-10(7)13/h4,8H,2-3,5-6H2,1H3,(H,14,16). The molecule has 1 aromatic heterocycles. The topological polar surface area (TPSA) is 66.5 Å². The van der Waals surface area contributed by atoms with Crippen molar-refractivity contribution in [1.82, 2.24) is 10.2 Å². The number of sulfone groups is 1. The van der Waals surface area contributed by atoms with Crippen LogP contribution in [-0.4, -0.2) is 43.9 Å². The largest absolute Gasteiger partial charge is 0.334 e. The fourth-order valence-corrected chi connectivity index (χ4v) is 4.51. The van der Waals surface area contributed by atoms with E-state index in [0.717, 1.165) is 5.56 Å². The van der Waals surface area contributed by atoms with Crippen molar-refractivity contribution in [3.05, 3.63) is 20.3 Å². The molecule has 0 aliphatic carbocycles. The number of carbonyl (C=O) groups is 1. The maximum absolute atomic E-state index is 12.0. The lowest BCUT2D eigenvalue weighted by Gasteiger charge is -2.16. The average Bonchev–Trinajstić information content (AvgIpc) is 2.92. The Bertz CT molecular complexity index is 615. The summed E-state index contributed by atoms with van der Waals surface area (Å²) in [7, 11) is -3.10. The SMILES string of the molecule is CS(=O)(=O)C1CCN(C(=O)NCc2cc(Cl)sc2Cl)C1. The van der Waals surface area contributed by atoms with Gasteiger partial charge in [-0.25, -0.2) is 13.2 Å². The third kappa shape index (κ3) is 3.78. The van der Waals surface area contributed by atoms with Crippen LogP contribution in [0.25, 0.3) is 0 Å². The zero-order valence-electron chi connectivity index (χ0n) is 10.7. The van der Waals surface area contributed by atoms with Crippen LogP contribution in [0.3, 0.4) is 0 Å². The fraction of sp³-hybridized carbons (Fsp3) is 0.545. The van der Waals surface area contributed by atoms with E-state index in [0.29, 0.717) is 21.6 Å². The van der Waals surface area contributed by atoms with Crippen LogP contribution < -0.4 is 5.32 Å². The highest BCUT2D eigenvalue weighted by Gasteiger charge is 2.32. The van der Waals surface area contributed by atoms with Gasteiger partial charge >= 0.3 is 6.03 Å². The van der Waals surface area contributed by atoms with Crippen molar-refractivity contribution >= 4 is 50.4 Å². The third-order valence-electron chi connectivity index (χ3n) is 3.20. The highest BCUT2D eigenvalue weighted by atomic mass is 35.5. The zero-order chi connectivity index (χ0) is 14.9. The van der Waals surface area contributed by atoms with E-state index in [2.05, 4.69) is 5.32 Å². The van der Waals surface area contributed by atoms with E-state index in [9.17, 15) is 13.2 Å². The summed E-state index contributed by atoms with van der Waals surface area (Å²) >= 11 is 13.0. The van der Waals surface area contributed by atoms with Crippen molar-refractivity contribution in [2.75, 3.05) is 19.3 Å². The number of likely N-dealkylation sites (tertiary alicyclic amines) is 1. The maximum atomic E-state index is 12.0. The molecule has 1 saturated heterocycles. The second kappa shape index (κ2) is 6.09. The quantitative estimate of drug-likeness (QED) is 0.903.